The van der Waals surface area contributed by atoms with E-state index in [-0.39, 0.29) is 0 Å². The van der Waals surface area contributed by atoms with Gasteiger partial charge < -0.3 is 14.5 Å². The number of benzene rings is 2. The summed E-state index contributed by atoms with van der Waals surface area (Å²) in [6.07, 6.45) is 1.82. The fraction of sp³-hybridized carbons (Fsp3) is 0.273. The van der Waals surface area contributed by atoms with Gasteiger partial charge in [0.1, 0.15) is 11.9 Å². The lowest BCUT2D eigenvalue weighted by molar-refractivity contribution is 0.286. The summed E-state index contributed by atoms with van der Waals surface area (Å²) in [6, 6.07) is 10.2. The number of ether oxygens (including phenoxy) is 2. The smallest absolute Gasteiger partial charge is 0.174 e. The van der Waals surface area contributed by atoms with Crippen LogP contribution in [0.4, 0.5) is 0 Å². The minimum Gasteiger partial charge on any atom is -0.490 e. The Hall–Kier alpha value is -2.53. The Bertz CT molecular complexity index is 1050. The molecule has 0 bridgehead atoms. The third kappa shape index (κ3) is 4.14. The number of nitrogens with one attached hydrogen (secondary N) is 1. The van der Waals surface area contributed by atoms with Crippen LogP contribution < -0.4 is 9.47 Å². The summed E-state index contributed by atoms with van der Waals surface area (Å²) in [7, 11) is 0. The van der Waals surface area contributed by atoms with Gasteiger partial charge in [0.25, 0.3) is 0 Å². The van der Waals surface area contributed by atoms with Crippen molar-refractivity contribution >= 4 is 45.3 Å². The molecule has 1 heterocycles. The number of nitrogens with zero attached hydrogens (tertiary/aromatic N) is 2. The number of hydrogen-bond acceptors (Lipinski definition) is 4. The molecule has 1 aromatic heterocycles. The van der Waals surface area contributed by atoms with Crippen molar-refractivity contribution in [1.29, 1.82) is 5.26 Å². The Balaban J connectivity index is 2.06. The van der Waals surface area contributed by atoms with Crippen LogP contribution in [-0.4, -0.2) is 23.2 Å². The molecule has 5 nitrogen and oxygen atoms in total. The molecule has 0 amide bonds. The second kappa shape index (κ2) is 8.65. The van der Waals surface area contributed by atoms with Crippen molar-refractivity contribution < 1.29 is 9.47 Å². The van der Waals surface area contributed by atoms with Crippen molar-refractivity contribution in [1.82, 2.24) is 9.97 Å². The number of halogens is 1. The third-order valence-corrected chi connectivity index (χ3v) is 5.21. The van der Waals surface area contributed by atoms with E-state index >= 15 is 0 Å². The molecule has 0 spiro atoms. The van der Waals surface area contributed by atoms with E-state index in [1.165, 1.54) is 11.1 Å². The lowest BCUT2D eigenvalue weighted by Gasteiger charge is -2.13. The number of fused-ring (bicyclic) bond motifs is 1. The van der Waals surface area contributed by atoms with Crippen LogP contribution in [0.3, 0.4) is 0 Å². The Morgan fingerprint density at radius 3 is 2.54 bits per heavy atom. The third-order valence-electron chi connectivity index (χ3n) is 4.40. The lowest BCUT2D eigenvalue weighted by Crippen LogP contribution is -2.01. The minimum atomic E-state index is 0.467. The van der Waals surface area contributed by atoms with Gasteiger partial charge in [0.2, 0.25) is 0 Å². The largest absolute Gasteiger partial charge is 0.490 e. The van der Waals surface area contributed by atoms with Gasteiger partial charge in [-0.25, -0.2) is 4.98 Å². The number of imidazole rings is 1. The van der Waals surface area contributed by atoms with Crippen LogP contribution in [0.15, 0.2) is 24.3 Å². The van der Waals surface area contributed by atoms with Crippen LogP contribution in [0.5, 0.6) is 11.5 Å². The van der Waals surface area contributed by atoms with Crippen LogP contribution in [-0.2, 0) is 0 Å². The van der Waals surface area contributed by atoms with Gasteiger partial charge in [-0.05, 0) is 97.3 Å². The van der Waals surface area contributed by atoms with Crippen LogP contribution in [0.1, 0.15) is 36.4 Å². The minimum absolute atomic E-state index is 0.467. The number of rotatable bonds is 6. The fourth-order valence-corrected chi connectivity index (χ4v) is 3.72. The summed E-state index contributed by atoms with van der Waals surface area (Å²) in [5, 5.41) is 9.72. The Kier molecular flexibility index (Phi) is 6.25. The number of hydrogen-bond donors (Lipinski definition) is 1. The van der Waals surface area contributed by atoms with E-state index in [4.69, 9.17) is 9.47 Å². The monoisotopic (exact) mass is 487 g/mol. The molecule has 0 saturated heterocycles. The van der Waals surface area contributed by atoms with Gasteiger partial charge in [-0.3, -0.25) is 0 Å². The molecule has 1 N–H and O–H groups in total. The van der Waals surface area contributed by atoms with Crippen molar-refractivity contribution in [3.63, 3.8) is 0 Å². The molecular formula is C22H22IN3O2. The molecule has 144 valence electrons. The summed E-state index contributed by atoms with van der Waals surface area (Å²) >= 11 is 2.23. The summed E-state index contributed by atoms with van der Waals surface area (Å²) in [4.78, 5) is 7.87. The molecular weight excluding hydrogens is 465 g/mol. The maximum atomic E-state index is 9.72. The van der Waals surface area contributed by atoms with Gasteiger partial charge in [0, 0.05) is 0 Å². The van der Waals surface area contributed by atoms with E-state index in [0.29, 0.717) is 30.4 Å². The summed E-state index contributed by atoms with van der Waals surface area (Å²) in [6.45, 7) is 9.10. The van der Waals surface area contributed by atoms with Crippen molar-refractivity contribution in [3.05, 3.63) is 50.4 Å². The highest BCUT2D eigenvalue weighted by molar-refractivity contribution is 14.1. The molecule has 0 unspecified atom stereocenters. The topological polar surface area (TPSA) is 70.9 Å². The molecule has 3 aromatic rings. The number of aromatic nitrogens is 2. The number of aromatic amines is 1. The molecule has 0 aliphatic rings. The van der Waals surface area contributed by atoms with Crippen molar-refractivity contribution in [2.75, 3.05) is 13.2 Å². The van der Waals surface area contributed by atoms with Crippen molar-refractivity contribution in [2.24, 2.45) is 0 Å². The first-order chi connectivity index (χ1) is 13.5. The number of H-pyrrole nitrogens is 1. The summed E-state index contributed by atoms with van der Waals surface area (Å²) < 4.78 is 12.4. The maximum Gasteiger partial charge on any atom is 0.174 e. The molecule has 0 radical (unpaired) electrons. The van der Waals surface area contributed by atoms with E-state index in [9.17, 15) is 5.26 Å². The average Bonchev–Trinajstić information content (AvgIpc) is 3.05. The lowest BCUT2D eigenvalue weighted by atomic mass is 10.1. The normalized spacial score (nSPS) is 11.5. The molecule has 6 heteroatoms. The molecule has 0 aliphatic carbocycles. The molecule has 0 fully saturated rings. The van der Waals surface area contributed by atoms with Crippen LogP contribution in [0.2, 0.25) is 0 Å². The second-order valence-electron chi connectivity index (χ2n) is 6.40. The van der Waals surface area contributed by atoms with E-state index in [0.717, 1.165) is 25.9 Å². The first kappa shape index (κ1) is 20.2. The van der Waals surface area contributed by atoms with E-state index < -0.39 is 0 Å². The SMILES string of the molecule is CCOc1cc(/C=C(\C#N)c2nc3cc(C)c(C)cc3[nH]2)cc(I)c1OCC. The average molecular weight is 487 g/mol. The van der Waals surface area contributed by atoms with Gasteiger partial charge in [-0.15, -0.1) is 0 Å². The van der Waals surface area contributed by atoms with Gasteiger partial charge in [0.05, 0.1) is 33.4 Å². The van der Waals surface area contributed by atoms with Crippen molar-refractivity contribution in [3.8, 4) is 17.6 Å². The standard InChI is InChI=1S/C22H22IN3O2/c1-5-27-20-11-15(10-17(23)21(20)28-6-2)9-16(12-24)22-25-18-7-13(3)14(4)8-19(18)26-22/h7-11H,5-6H2,1-4H3,(H,25,26)/b16-9+. The molecule has 0 saturated carbocycles. The summed E-state index contributed by atoms with van der Waals surface area (Å²) in [5.74, 6) is 1.97. The zero-order valence-corrected chi connectivity index (χ0v) is 18.5. The number of allylic oxidation sites excluding steroid dienone is 1. The summed E-state index contributed by atoms with van der Waals surface area (Å²) in [5.41, 5.74) is 5.48. The van der Waals surface area contributed by atoms with Gasteiger partial charge >= 0.3 is 0 Å². The van der Waals surface area contributed by atoms with Gasteiger partial charge in [-0.2, -0.15) is 5.26 Å². The predicted octanol–water partition coefficient (Wildman–Crippen LogP) is 5.65. The number of nitriles is 1. The Morgan fingerprint density at radius 1 is 1.14 bits per heavy atom. The van der Waals surface area contributed by atoms with E-state index in [1.54, 1.807) is 0 Å². The highest BCUT2D eigenvalue weighted by Gasteiger charge is 2.13. The zero-order valence-electron chi connectivity index (χ0n) is 16.4. The first-order valence-electron chi connectivity index (χ1n) is 9.15. The van der Waals surface area contributed by atoms with Gasteiger partial charge in [0.15, 0.2) is 11.5 Å². The van der Waals surface area contributed by atoms with E-state index in [2.05, 4.69) is 58.5 Å². The Morgan fingerprint density at radius 2 is 1.86 bits per heavy atom. The maximum absolute atomic E-state index is 9.72. The van der Waals surface area contributed by atoms with Gasteiger partial charge in [-0.1, -0.05) is 0 Å². The second-order valence-corrected chi connectivity index (χ2v) is 7.57. The molecule has 0 atom stereocenters. The highest BCUT2D eigenvalue weighted by atomic mass is 127. The molecule has 3 rings (SSSR count). The molecule has 0 aliphatic heterocycles. The van der Waals surface area contributed by atoms with Crippen LogP contribution in [0, 0.1) is 28.7 Å². The van der Waals surface area contributed by atoms with E-state index in [1.807, 2.05) is 38.1 Å². The quantitative estimate of drug-likeness (QED) is 0.361. The number of aryl methyl sites for hydroxylation is 2. The van der Waals surface area contributed by atoms with Crippen LogP contribution in [0.25, 0.3) is 22.7 Å². The molecule has 2 aromatic carbocycles. The Labute approximate surface area is 178 Å². The van der Waals surface area contributed by atoms with Crippen molar-refractivity contribution in [2.45, 2.75) is 27.7 Å². The van der Waals surface area contributed by atoms with Crippen LogP contribution >= 0.6 is 22.6 Å². The predicted molar refractivity (Wildman–Crippen MR) is 121 cm³/mol. The highest BCUT2D eigenvalue weighted by Crippen LogP contribution is 2.35. The zero-order chi connectivity index (χ0) is 20.3. The molecule has 28 heavy (non-hydrogen) atoms. The fourth-order valence-electron chi connectivity index (χ4n) is 2.94. The first-order valence-corrected chi connectivity index (χ1v) is 10.2.